The zero-order valence-electron chi connectivity index (χ0n) is 12.9. The van der Waals surface area contributed by atoms with Crippen molar-refractivity contribution >= 4 is 23.4 Å². The van der Waals surface area contributed by atoms with E-state index in [1.807, 2.05) is 30.8 Å². The van der Waals surface area contributed by atoms with Gasteiger partial charge in [0.05, 0.1) is 6.04 Å². The molecule has 4 heteroatoms. The molecule has 0 aromatic heterocycles. The molecular weight excluding hydrogens is 268 g/mol. The van der Waals surface area contributed by atoms with E-state index in [2.05, 4.69) is 32.2 Å². The summed E-state index contributed by atoms with van der Waals surface area (Å²) in [5, 5.41) is 3.55. The summed E-state index contributed by atoms with van der Waals surface area (Å²) in [4.78, 5) is 12.0. The van der Waals surface area contributed by atoms with Crippen molar-refractivity contribution < 1.29 is 4.79 Å². The summed E-state index contributed by atoms with van der Waals surface area (Å²) in [5.74, 6) is 0.873. The van der Waals surface area contributed by atoms with Crippen LogP contribution in [0.15, 0.2) is 18.2 Å². The average Bonchev–Trinajstić information content (AvgIpc) is 2.39. The fourth-order valence-electron chi connectivity index (χ4n) is 1.90. The monoisotopic (exact) mass is 294 g/mol. The van der Waals surface area contributed by atoms with Crippen molar-refractivity contribution in [3.63, 3.8) is 0 Å². The number of anilines is 1. The van der Waals surface area contributed by atoms with E-state index < -0.39 is 6.04 Å². The second kappa shape index (κ2) is 8.32. The van der Waals surface area contributed by atoms with Crippen molar-refractivity contribution in [3.05, 3.63) is 29.3 Å². The summed E-state index contributed by atoms with van der Waals surface area (Å²) in [6, 6.07) is 5.62. The van der Waals surface area contributed by atoms with Crippen LogP contribution in [0.5, 0.6) is 0 Å². The predicted molar refractivity (Wildman–Crippen MR) is 89.1 cm³/mol. The number of hydrogen-bond donors (Lipinski definition) is 2. The van der Waals surface area contributed by atoms with Gasteiger partial charge >= 0.3 is 0 Å². The molecule has 0 saturated carbocycles. The highest BCUT2D eigenvalue weighted by Crippen LogP contribution is 2.25. The van der Waals surface area contributed by atoms with Crippen molar-refractivity contribution in [2.24, 2.45) is 5.73 Å². The van der Waals surface area contributed by atoms with Gasteiger partial charge in [-0.3, -0.25) is 4.79 Å². The summed E-state index contributed by atoms with van der Waals surface area (Å²) in [5.41, 5.74) is 9.13. The molecule has 1 aromatic rings. The third kappa shape index (κ3) is 5.17. The van der Waals surface area contributed by atoms with Gasteiger partial charge in [0.1, 0.15) is 0 Å². The molecule has 1 amide bonds. The minimum atomic E-state index is -0.423. The maximum Gasteiger partial charge on any atom is 0.241 e. The van der Waals surface area contributed by atoms with Gasteiger partial charge in [-0.2, -0.15) is 11.8 Å². The molecule has 0 heterocycles. The molecular formula is C16H26N2OS. The number of nitrogens with two attached hydrogens (primary N) is 1. The fraction of sp³-hybridized carbons (Fsp3) is 0.562. The van der Waals surface area contributed by atoms with E-state index in [9.17, 15) is 4.79 Å². The number of rotatable bonds is 7. The third-order valence-corrected chi connectivity index (χ3v) is 4.36. The van der Waals surface area contributed by atoms with E-state index in [4.69, 9.17) is 5.73 Å². The smallest absolute Gasteiger partial charge is 0.241 e. The van der Waals surface area contributed by atoms with Crippen LogP contribution in [0.4, 0.5) is 5.69 Å². The largest absolute Gasteiger partial charge is 0.324 e. The van der Waals surface area contributed by atoms with Crippen molar-refractivity contribution in [1.29, 1.82) is 0 Å². The van der Waals surface area contributed by atoms with E-state index in [0.29, 0.717) is 11.7 Å². The first-order chi connectivity index (χ1) is 9.45. The maximum absolute atomic E-state index is 12.0. The highest BCUT2D eigenvalue weighted by atomic mass is 32.2. The van der Waals surface area contributed by atoms with E-state index in [-0.39, 0.29) is 5.91 Å². The van der Waals surface area contributed by atoms with E-state index in [0.717, 1.165) is 23.4 Å². The first kappa shape index (κ1) is 17.1. The summed E-state index contributed by atoms with van der Waals surface area (Å²) in [6.45, 7) is 8.46. The first-order valence-electron chi connectivity index (χ1n) is 7.22. The maximum atomic E-state index is 12.0. The number of carbonyl (C=O) groups is 1. The third-order valence-electron chi connectivity index (χ3n) is 3.21. The molecule has 1 atom stereocenters. The molecule has 1 rings (SSSR count). The van der Waals surface area contributed by atoms with Gasteiger partial charge in [-0.25, -0.2) is 0 Å². The van der Waals surface area contributed by atoms with Crippen LogP contribution >= 0.6 is 11.8 Å². The molecule has 0 radical (unpaired) electrons. The van der Waals surface area contributed by atoms with Crippen LogP contribution in [0.25, 0.3) is 0 Å². The number of carbonyl (C=O) groups excluding carboxylic acids is 1. The van der Waals surface area contributed by atoms with Crippen LogP contribution in [-0.4, -0.2) is 17.2 Å². The van der Waals surface area contributed by atoms with E-state index in [1.54, 1.807) is 0 Å². The lowest BCUT2D eigenvalue weighted by Gasteiger charge is -2.15. The molecule has 3 N–H and O–H groups in total. The number of benzene rings is 1. The molecule has 0 spiro atoms. The van der Waals surface area contributed by atoms with Gasteiger partial charge in [-0.15, -0.1) is 0 Å². The van der Waals surface area contributed by atoms with Crippen molar-refractivity contribution in [1.82, 2.24) is 0 Å². The Morgan fingerprint density at radius 3 is 2.70 bits per heavy atom. The topological polar surface area (TPSA) is 55.1 Å². The lowest BCUT2D eigenvalue weighted by molar-refractivity contribution is -0.117. The fourth-order valence-corrected chi connectivity index (χ4v) is 2.72. The van der Waals surface area contributed by atoms with E-state index >= 15 is 0 Å². The Morgan fingerprint density at radius 1 is 1.40 bits per heavy atom. The number of amides is 1. The van der Waals surface area contributed by atoms with Crippen LogP contribution in [0.2, 0.25) is 0 Å². The van der Waals surface area contributed by atoms with Crippen molar-refractivity contribution in [2.45, 2.75) is 57.6 Å². The van der Waals surface area contributed by atoms with Crippen LogP contribution < -0.4 is 11.1 Å². The van der Waals surface area contributed by atoms with Gasteiger partial charge in [-0.05, 0) is 35.8 Å². The minimum absolute atomic E-state index is 0.0939. The van der Waals surface area contributed by atoms with Crippen LogP contribution in [0, 0.1) is 6.92 Å². The highest BCUT2D eigenvalue weighted by molar-refractivity contribution is 7.99. The Bertz CT molecular complexity index is 446. The Kier molecular flexibility index (Phi) is 7.10. The van der Waals surface area contributed by atoms with Gasteiger partial charge < -0.3 is 11.1 Å². The summed E-state index contributed by atoms with van der Waals surface area (Å²) < 4.78 is 0. The van der Waals surface area contributed by atoms with Crippen molar-refractivity contribution in [3.8, 4) is 0 Å². The van der Waals surface area contributed by atoms with Crippen LogP contribution in [-0.2, 0) is 10.5 Å². The second-order valence-electron chi connectivity index (χ2n) is 5.33. The Morgan fingerprint density at radius 2 is 2.10 bits per heavy atom. The first-order valence-corrected chi connectivity index (χ1v) is 8.27. The molecule has 3 nitrogen and oxygen atoms in total. The van der Waals surface area contributed by atoms with Gasteiger partial charge in [0.2, 0.25) is 5.91 Å². The summed E-state index contributed by atoms with van der Waals surface area (Å²) >= 11 is 1.90. The Balaban J connectivity index is 2.76. The van der Waals surface area contributed by atoms with Gasteiger partial charge in [0.15, 0.2) is 0 Å². The molecule has 0 aliphatic rings. The number of hydrogen-bond acceptors (Lipinski definition) is 3. The molecule has 112 valence electrons. The Hall–Kier alpha value is -1.00. The van der Waals surface area contributed by atoms with Crippen LogP contribution in [0.1, 0.15) is 44.7 Å². The molecule has 1 unspecified atom stereocenters. The average molecular weight is 294 g/mol. The number of thioether (sulfide) groups is 1. The normalized spacial score (nSPS) is 12.5. The quantitative estimate of drug-likeness (QED) is 0.806. The molecule has 20 heavy (non-hydrogen) atoms. The summed E-state index contributed by atoms with van der Waals surface area (Å²) in [6.07, 6.45) is 1.63. The van der Waals surface area contributed by atoms with E-state index in [1.165, 1.54) is 5.56 Å². The molecule has 0 saturated heterocycles. The number of nitrogens with one attached hydrogen (secondary N) is 1. The lowest BCUT2D eigenvalue weighted by atomic mass is 10.1. The lowest BCUT2D eigenvalue weighted by Crippen LogP contribution is -2.35. The molecule has 0 bridgehead atoms. The zero-order chi connectivity index (χ0) is 15.1. The van der Waals surface area contributed by atoms with Gasteiger partial charge in [0, 0.05) is 11.4 Å². The second-order valence-corrected chi connectivity index (χ2v) is 6.90. The minimum Gasteiger partial charge on any atom is -0.324 e. The predicted octanol–water partition coefficient (Wildman–Crippen LogP) is 3.70. The molecule has 0 fully saturated rings. The molecule has 0 aliphatic carbocycles. The zero-order valence-corrected chi connectivity index (χ0v) is 13.7. The van der Waals surface area contributed by atoms with Crippen molar-refractivity contribution in [2.75, 3.05) is 5.32 Å². The molecule has 1 aromatic carbocycles. The SMILES string of the molecule is CCCC(N)C(=O)Nc1cccc(CSC(C)C)c1C. The highest BCUT2D eigenvalue weighted by Gasteiger charge is 2.14. The standard InChI is InChI=1S/C16H26N2OS/c1-5-7-14(17)16(19)18-15-9-6-8-13(12(15)4)10-20-11(2)3/h6,8-9,11,14H,5,7,10,17H2,1-4H3,(H,18,19). The van der Waals surface area contributed by atoms with Crippen LogP contribution in [0.3, 0.4) is 0 Å². The van der Waals surface area contributed by atoms with Gasteiger partial charge in [-0.1, -0.05) is 39.3 Å². The molecule has 0 aliphatic heterocycles. The Labute approximate surface area is 126 Å². The summed E-state index contributed by atoms with van der Waals surface area (Å²) in [7, 11) is 0. The van der Waals surface area contributed by atoms with Gasteiger partial charge in [0.25, 0.3) is 0 Å².